The zero-order valence-electron chi connectivity index (χ0n) is 14.4. The number of carbonyl (C=O) groups is 1. The third-order valence-corrected chi connectivity index (χ3v) is 4.94. The lowest BCUT2D eigenvalue weighted by molar-refractivity contribution is -0.118. The van der Waals surface area contributed by atoms with Crippen LogP contribution in [0.4, 0.5) is 0 Å². The first-order valence-electron chi connectivity index (χ1n) is 7.62. The second kappa shape index (κ2) is 10.1. The van der Waals surface area contributed by atoms with Crippen LogP contribution < -0.4 is 14.9 Å². The maximum atomic E-state index is 11.8. The van der Waals surface area contributed by atoms with Crippen molar-refractivity contribution in [2.75, 3.05) is 20.0 Å². The van der Waals surface area contributed by atoms with E-state index in [1.165, 1.54) is 25.1 Å². The summed E-state index contributed by atoms with van der Waals surface area (Å²) in [6.45, 7) is 0. The Labute approximate surface area is 164 Å². The Kier molecular flexibility index (Phi) is 7.80. The quantitative estimate of drug-likeness (QED) is 0.486. The first-order chi connectivity index (χ1) is 12.5. The molecule has 8 heteroatoms. The second-order valence-electron chi connectivity index (χ2n) is 5.19. The number of nitrogens with one attached hydrogen (secondary N) is 1. The molecule has 26 heavy (non-hydrogen) atoms. The fraction of sp³-hybridized carbons (Fsp3) is 0.222. The number of rotatable bonds is 8. The van der Waals surface area contributed by atoms with E-state index >= 15 is 0 Å². The van der Waals surface area contributed by atoms with E-state index in [0.717, 1.165) is 17.1 Å². The third kappa shape index (κ3) is 5.96. The standard InChI is InChI=1S/C18H19BrN2O4S/c1-24-14-5-3-12(4-6-14)10-26-11-17(22)21-20-9-13-7-15(19)18(23)16(8-13)25-2/h3-9,23H,10-11H2,1-2H3,(H,21,22)/b20-9+. The maximum absolute atomic E-state index is 11.8. The van der Waals surface area contributed by atoms with Gasteiger partial charge in [0.05, 0.1) is 30.7 Å². The summed E-state index contributed by atoms with van der Waals surface area (Å²) < 4.78 is 10.7. The first-order valence-corrected chi connectivity index (χ1v) is 9.57. The van der Waals surface area contributed by atoms with Crippen molar-refractivity contribution in [1.29, 1.82) is 0 Å². The summed E-state index contributed by atoms with van der Waals surface area (Å²) in [4.78, 5) is 11.8. The van der Waals surface area contributed by atoms with Crippen molar-refractivity contribution in [3.05, 3.63) is 52.0 Å². The second-order valence-corrected chi connectivity index (χ2v) is 7.03. The molecule has 2 N–H and O–H groups in total. The van der Waals surface area contributed by atoms with Crippen LogP contribution in [0.5, 0.6) is 17.2 Å². The fourth-order valence-corrected chi connectivity index (χ4v) is 3.26. The molecule has 0 bridgehead atoms. The van der Waals surface area contributed by atoms with Gasteiger partial charge >= 0.3 is 0 Å². The van der Waals surface area contributed by atoms with E-state index in [0.29, 0.717) is 21.5 Å². The maximum Gasteiger partial charge on any atom is 0.250 e. The fourth-order valence-electron chi connectivity index (χ4n) is 2.02. The highest BCUT2D eigenvalue weighted by Crippen LogP contribution is 2.34. The zero-order chi connectivity index (χ0) is 18.9. The van der Waals surface area contributed by atoms with E-state index in [9.17, 15) is 9.90 Å². The van der Waals surface area contributed by atoms with Gasteiger partial charge in [0.2, 0.25) is 5.91 Å². The van der Waals surface area contributed by atoms with Gasteiger partial charge in [-0.05, 0) is 51.3 Å². The van der Waals surface area contributed by atoms with Crippen molar-refractivity contribution in [2.45, 2.75) is 5.75 Å². The summed E-state index contributed by atoms with van der Waals surface area (Å²) in [6, 6.07) is 11.0. The average Bonchev–Trinajstić information content (AvgIpc) is 2.65. The third-order valence-electron chi connectivity index (χ3n) is 3.33. The Bertz CT molecular complexity index is 782. The number of ether oxygens (including phenoxy) is 2. The number of aromatic hydroxyl groups is 1. The number of phenols is 1. The number of benzene rings is 2. The lowest BCUT2D eigenvalue weighted by Crippen LogP contribution is -2.19. The minimum absolute atomic E-state index is 0.0172. The molecule has 0 heterocycles. The van der Waals surface area contributed by atoms with Crippen LogP contribution in [0.1, 0.15) is 11.1 Å². The Morgan fingerprint density at radius 1 is 1.27 bits per heavy atom. The van der Waals surface area contributed by atoms with Gasteiger partial charge in [-0.2, -0.15) is 5.10 Å². The number of halogens is 1. The average molecular weight is 439 g/mol. The minimum Gasteiger partial charge on any atom is -0.503 e. The van der Waals surface area contributed by atoms with Crippen molar-refractivity contribution in [1.82, 2.24) is 5.43 Å². The Hall–Kier alpha value is -2.19. The summed E-state index contributed by atoms with van der Waals surface area (Å²) in [5.74, 6) is 1.98. The monoisotopic (exact) mass is 438 g/mol. The molecule has 0 fully saturated rings. The van der Waals surface area contributed by atoms with Crippen LogP contribution in [-0.2, 0) is 10.5 Å². The molecular formula is C18H19BrN2O4S. The molecule has 2 rings (SSSR count). The van der Waals surface area contributed by atoms with Gasteiger partial charge in [0.25, 0.3) is 0 Å². The first kappa shape index (κ1) is 20.1. The van der Waals surface area contributed by atoms with Crippen LogP contribution in [-0.4, -0.2) is 37.2 Å². The molecule has 0 aliphatic heterocycles. The summed E-state index contributed by atoms with van der Waals surface area (Å²) in [6.07, 6.45) is 1.48. The Morgan fingerprint density at radius 3 is 2.65 bits per heavy atom. The summed E-state index contributed by atoms with van der Waals surface area (Å²) >= 11 is 4.73. The van der Waals surface area contributed by atoms with Gasteiger partial charge in [-0.15, -0.1) is 11.8 Å². The number of hydrogen-bond donors (Lipinski definition) is 2. The number of phenolic OH excluding ortho intramolecular Hbond substituents is 1. The molecule has 0 saturated heterocycles. The van der Waals surface area contributed by atoms with Crippen molar-refractivity contribution >= 4 is 39.8 Å². The lowest BCUT2D eigenvalue weighted by Gasteiger charge is -2.06. The van der Waals surface area contributed by atoms with Crippen LogP contribution in [0, 0.1) is 0 Å². The number of hydrogen-bond acceptors (Lipinski definition) is 6. The molecule has 0 aromatic heterocycles. The van der Waals surface area contributed by atoms with Gasteiger partial charge in [-0.1, -0.05) is 12.1 Å². The Balaban J connectivity index is 1.79. The largest absolute Gasteiger partial charge is 0.503 e. The molecule has 0 aliphatic carbocycles. The number of nitrogens with zero attached hydrogens (tertiary/aromatic N) is 1. The van der Waals surface area contributed by atoms with Crippen molar-refractivity contribution in [3.63, 3.8) is 0 Å². The van der Waals surface area contributed by atoms with Crippen molar-refractivity contribution in [3.8, 4) is 17.2 Å². The number of methoxy groups -OCH3 is 2. The van der Waals surface area contributed by atoms with Gasteiger partial charge in [-0.25, -0.2) is 5.43 Å². The summed E-state index contributed by atoms with van der Waals surface area (Å²) in [7, 11) is 3.09. The highest BCUT2D eigenvalue weighted by Gasteiger charge is 2.07. The van der Waals surface area contributed by atoms with E-state index in [-0.39, 0.29) is 11.7 Å². The van der Waals surface area contributed by atoms with Crippen LogP contribution in [0.3, 0.4) is 0 Å². The molecule has 0 atom stereocenters. The van der Waals surface area contributed by atoms with Crippen LogP contribution in [0.2, 0.25) is 0 Å². The molecule has 2 aromatic rings. The van der Waals surface area contributed by atoms with Crippen LogP contribution in [0.15, 0.2) is 46.0 Å². The number of carbonyl (C=O) groups excluding carboxylic acids is 1. The van der Waals surface area contributed by atoms with Crippen molar-refractivity contribution in [2.24, 2.45) is 5.10 Å². The molecule has 0 radical (unpaired) electrons. The molecule has 138 valence electrons. The lowest BCUT2D eigenvalue weighted by atomic mass is 10.2. The number of hydrazone groups is 1. The SMILES string of the molecule is COc1ccc(CSCC(=O)N/N=C/c2cc(Br)c(O)c(OC)c2)cc1. The van der Waals surface area contributed by atoms with Crippen LogP contribution in [0.25, 0.3) is 0 Å². The molecule has 2 aromatic carbocycles. The van der Waals surface area contributed by atoms with Gasteiger partial charge in [0.15, 0.2) is 11.5 Å². The van der Waals surface area contributed by atoms with E-state index in [2.05, 4.69) is 26.5 Å². The molecule has 0 spiro atoms. The van der Waals surface area contributed by atoms with Crippen molar-refractivity contribution < 1.29 is 19.4 Å². The highest BCUT2D eigenvalue weighted by atomic mass is 79.9. The highest BCUT2D eigenvalue weighted by molar-refractivity contribution is 9.10. The summed E-state index contributed by atoms with van der Waals surface area (Å²) in [5.41, 5.74) is 4.28. The predicted octanol–water partition coefficient (Wildman–Crippen LogP) is 3.56. The van der Waals surface area contributed by atoms with E-state index in [4.69, 9.17) is 9.47 Å². The Morgan fingerprint density at radius 2 is 2.00 bits per heavy atom. The van der Waals surface area contributed by atoms with Gasteiger partial charge in [-0.3, -0.25) is 4.79 Å². The molecule has 0 aliphatic rings. The molecule has 0 unspecified atom stereocenters. The molecular weight excluding hydrogens is 420 g/mol. The van der Waals surface area contributed by atoms with E-state index in [1.807, 2.05) is 24.3 Å². The number of thioether (sulfide) groups is 1. The van der Waals surface area contributed by atoms with Crippen LogP contribution >= 0.6 is 27.7 Å². The molecule has 0 saturated carbocycles. The predicted molar refractivity (Wildman–Crippen MR) is 107 cm³/mol. The summed E-state index contributed by atoms with van der Waals surface area (Å²) in [5, 5.41) is 13.7. The molecule has 6 nitrogen and oxygen atoms in total. The number of amides is 1. The van der Waals surface area contributed by atoms with Gasteiger partial charge < -0.3 is 14.6 Å². The smallest absolute Gasteiger partial charge is 0.250 e. The van der Waals surface area contributed by atoms with E-state index in [1.54, 1.807) is 19.2 Å². The van der Waals surface area contributed by atoms with Gasteiger partial charge in [0.1, 0.15) is 5.75 Å². The normalized spacial score (nSPS) is 10.7. The zero-order valence-corrected chi connectivity index (χ0v) is 16.8. The minimum atomic E-state index is -0.190. The van der Waals surface area contributed by atoms with E-state index < -0.39 is 0 Å². The molecule has 1 amide bonds. The topological polar surface area (TPSA) is 80.2 Å². The van der Waals surface area contributed by atoms with Gasteiger partial charge in [0, 0.05) is 5.75 Å².